The number of rotatable bonds is 8. The largest absolute Gasteiger partial charge is 0.383 e. The van der Waals surface area contributed by atoms with Gasteiger partial charge < -0.3 is 10.6 Å². The Balaban J connectivity index is 1.53. The van der Waals surface area contributed by atoms with Crippen LogP contribution in [0, 0.1) is 16.7 Å². The summed E-state index contributed by atoms with van der Waals surface area (Å²) in [5, 5.41) is 27.7. The van der Waals surface area contributed by atoms with Crippen molar-refractivity contribution < 1.29 is 0 Å². The van der Waals surface area contributed by atoms with E-state index in [-0.39, 0.29) is 17.0 Å². The van der Waals surface area contributed by atoms with Gasteiger partial charge in [-0.1, -0.05) is 55.8 Å². The third kappa shape index (κ3) is 5.50. The number of aromatic nitrogens is 6. The zero-order chi connectivity index (χ0) is 29.5. The Morgan fingerprint density at radius 3 is 2.57 bits per heavy atom. The number of nitriles is 1. The number of hydrogen-bond acceptors (Lipinski definition) is 8. The lowest BCUT2D eigenvalue weighted by atomic mass is 9.95. The molecule has 3 heterocycles. The minimum atomic E-state index is -0.384. The van der Waals surface area contributed by atoms with Crippen LogP contribution in [-0.4, -0.2) is 36.5 Å². The lowest BCUT2D eigenvalue weighted by molar-refractivity contribution is 0.443. The van der Waals surface area contributed by atoms with E-state index in [1.54, 1.807) is 18.6 Å². The number of nitrogens with zero attached hydrogens (tertiary/aromatic N) is 7. The number of pyridine rings is 1. The average molecular weight is 578 g/mol. The molecule has 0 bridgehead atoms. The molecule has 1 fully saturated rings. The van der Waals surface area contributed by atoms with Crippen LogP contribution in [-0.2, 0) is 5.54 Å². The lowest BCUT2D eigenvalue weighted by Crippen LogP contribution is -2.20. The fraction of sp³-hybridized carbons (Fsp3) is 0.312. The molecular formula is C32H32ClN9. The lowest BCUT2D eigenvalue weighted by Gasteiger charge is -2.23. The van der Waals surface area contributed by atoms with E-state index in [1.807, 2.05) is 47.3 Å². The predicted octanol–water partition coefficient (Wildman–Crippen LogP) is 6.98. The summed E-state index contributed by atoms with van der Waals surface area (Å²) < 4.78 is 1.96. The van der Waals surface area contributed by atoms with Gasteiger partial charge in [0.1, 0.15) is 18.1 Å². The molecule has 1 unspecified atom stereocenters. The van der Waals surface area contributed by atoms with Crippen LogP contribution < -0.4 is 10.6 Å². The number of benzene rings is 2. The quantitative estimate of drug-likeness (QED) is 0.203. The van der Waals surface area contributed by atoms with Crippen molar-refractivity contribution >= 4 is 33.9 Å². The van der Waals surface area contributed by atoms with Crippen molar-refractivity contribution in [1.29, 1.82) is 5.26 Å². The highest BCUT2D eigenvalue weighted by Gasteiger charge is 2.41. The van der Waals surface area contributed by atoms with E-state index in [0.717, 1.165) is 57.5 Å². The highest BCUT2D eigenvalue weighted by molar-refractivity contribution is 6.31. The molecule has 0 aliphatic heterocycles. The molecule has 1 aliphatic rings. The van der Waals surface area contributed by atoms with Gasteiger partial charge in [-0.3, -0.25) is 4.98 Å². The molecular weight excluding hydrogens is 546 g/mol. The maximum atomic E-state index is 10.0. The Kier molecular flexibility index (Phi) is 7.03. The van der Waals surface area contributed by atoms with E-state index in [4.69, 9.17) is 16.6 Å². The molecule has 42 heavy (non-hydrogen) atoms. The highest BCUT2D eigenvalue weighted by atomic mass is 35.5. The first-order valence-electron chi connectivity index (χ1n) is 13.9. The zero-order valence-electron chi connectivity index (χ0n) is 24.1. The summed E-state index contributed by atoms with van der Waals surface area (Å²) in [6.45, 7) is 9.31. The summed E-state index contributed by atoms with van der Waals surface area (Å²) in [6.07, 6.45) is 10.8. The van der Waals surface area contributed by atoms with E-state index in [1.165, 1.54) is 6.33 Å². The van der Waals surface area contributed by atoms with E-state index in [2.05, 4.69) is 64.7 Å². The van der Waals surface area contributed by atoms with Gasteiger partial charge in [0.2, 0.25) is 0 Å². The van der Waals surface area contributed by atoms with E-state index < -0.39 is 0 Å². The topological polar surface area (TPSA) is 117 Å². The molecule has 0 saturated heterocycles. The van der Waals surface area contributed by atoms with E-state index in [0.29, 0.717) is 17.1 Å². The summed E-state index contributed by atoms with van der Waals surface area (Å²) >= 11 is 6.75. The van der Waals surface area contributed by atoms with E-state index >= 15 is 0 Å². The molecule has 1 atom stereocenters. The first kappa shape index (κ1) is 27.6. The van der Waals surface area contributed by atoms with Crippen LogP contribution in [0.1, 0.15) is 63.4 Å². The van der Waals surface area contributed by atoms with Crippen LogP contribution in [0.15, 0.2) is 67.5 Å². The predicted molar refractivity (Wildman–Crippen MR) is 165 cm³/mol. The van der Waals surface area contributed by atoms with Crippen LogP contribution in [0.3, 0.4) is 0 Å². The molecule has 10 heteroatoms. The van der Waals surface area contributed by atoms with Gasteiger partial charge >= 0.3 is 0 Å². The summed E-state index contributed by atoms with van der Waals surface area (Å²) in [5.41, 5.74) is 6.05. The average Bonchev–Trinajstić information content (AvgIpc) is 3.53. The Labute approximate surface area is 250 Å². The first-order chi connectivity index (χ1) is 20.1. The highest BCUT2D eigenvalue weighted by Crippen LogP contribution is 2.43. The van der Waals surface area contributed by atoms with Crippen LogP contribution in [0.2, 0.25) is 5.02 Å². The van der Waals surface area contributed by atoms with Gasteiger partial charge in [0.15, 0.2) is 0 Å². The van der Waals surface area contributed by atoms with E-state index in [9.17, 15) is 5.26 Å². The normalized spacial score (nSPS) is 14.8. The Hall–Kier alpha value is -4.55. The summed E-state index contributed by atoms with van der Waals surface area (Å²) in [5.74, 6) is 0. The second-order valence-corrected chi connectivity index (χ2v) is 12.7. The molecule has 6 rings (SSSR count). The standard InChI is InChI=1S/C32H32ClN9/c1-31(2,3)18-38-28-20(13-34)16-37-29-24(21-14-35-19-36-15-21)11-22(12-25(28)29)39-30(23-7-5-6-8-26(23)33)27-17-42(41-40-27)32(4)9-10-32/h5-8,11-12,14-17,19,30,39H,9-10,18H2,1-4H3,(H,37,38). The Bertz CT molecular complexity index is 1800. The SMILES string of the molecule is CC(C)(C)CNc1c(C#N)cnc2c(-c3cncnc3)cc(NC(c3cn(C4(C)CC4)nn3)c3ccccc3Cl)cc12. The fourth-order valence-corrected chi connectivity index (χ4v) is 5.19. The minimum Gasteiger partial charge on any atom is -0.383 e. The van der Waals surface area contributed by atoms with Crippen molar-refractivity contribution in [3.05, 3.63) is 89.4 Å². The summed E-state index contributed by atoms with van der Waals surface area (Å²) in [7, 11) is 0. The molecule has 0 spiro atoms. The van der Waals surface area contributed by atoms with Gasteiger partial charge in [-0.15, -0.1) is 5.10 Å². The Morgan fingerprint density at radius 2 is 1.88 bits per heavy atom. The maximum Gasteiger partial charge on any atom is 0.115 e. The second kappa shape index (κ2) is 10.7. The summed E-state index contributed by atoms with van der Waals surface area (Å²) in [6, 6.07) is 13.7. The van der Waals surface area contributed by atoms with Gasteiger partial charge in [0.05, 0.1) is 34.5 Å². The third-order valence-electron chi connectivity index (χ3n) is 7.62. The van der Waals surface area contributed by atoms with Crippen molar-refractivity contribution in [1.82, 2.24) is 29.9 Å². The van der Waals surface area contributed by atoms with Crippen LogP contribution in [0.4, 0.5) is 11.4 Å². The maximum absolute atomic E-state index is 10.0. The number of anilines is 2. The Morgan fingerprint density at radius 1 is 1.12 bits per heavy atom. The molecule has 0 radical (unpaired) electrons. The van der Waals surface area contributed by atoms with Crippen molar-refractivity contribution in [3.63, 3.8) is 0 Å². The molecule has 1 aliphatic carbocycles. The molecule has 2 aromatic carbocycles. The van der Waals surface area contributed by atoms with Gasteiger partial charge in [0.25, 0.3) is 0 Å². The second-order valence-electron chi connectivity index (χ2n) is 12.3. The zero-order valence-corrected chi connectivity index (χ0v) is 24.8. The number of hydrogen-bond donors (Lipinski definition) is 2. The van der Waals surface area contributed by atoms with Crippen molar-refractivity contribution in [2.45, 2.75) is 52.1 Å². The summed E-state index contributed by atoms with van der Waals surface area (Å²) in [4.78, 5) is 13.2. The van der Waals surface area contributed by atoms with Crippen LogP contribution in [0.5, 0.6) is 0 Å². The van der Waals surface area contributed by atoms with Gasteiger partial charge in [0, 0.05) is 52.4 Å². The van der Waals surface area contributed by atoms with Crippen LogP contribution in [0.25, 0.3) is 22.0 Å². The molecule has 1 saturated carbocycles. The molecule has 9 nitrogen and oxygen atoms in total. The van der Waals surface area contributed by atoms with Crippen molar-refractivity contribution in [3.8, 4) is 17.2 Å². The molecule has 212 valence electrons. The van der Waals surface area contributed by atoms with Crippen molar-refractivity contribution in [2.75, 3.05) is 17.2 Å². The first-order valence-corrected chi connectivity index (χ1v) is 14.3. The number of halogens is 1. The van der Waals surface area contributed by atoms with Crippen LogP contribution >= 0.6 is 11.6 Å². The molecule has 0 amide bonds. The minimum absolute atomic E-state index is 0.00649. The fourth-order valence-electron chi connectivity index (χ4n) is 4.94. The van der Waals surface area contributed by atoms with Gasteiger partial charge in [-0.05, 0) is 48.9 Å². The number of nitrogens with one attached hydrogen (secondary N) is 2. The van der Waals surface area contributed by atoms with Gasteiger partial charge in [-0.2, -0.15) is 5.26 Å². The molecule has 3 aromatic heterocycles. The van der Waals surface area contributed by atoms with Crippen molar-refractivity contribution in [2.24, 2.45) is 5.41 Å². The number of fused-ring (bicyclic) bond motifs is 1. The van der Waals surface area contributed by atoms with Gasteiger partial charge in [-0.25, -0.2) is 14.6 Å². The molecule has 2 N–H and O–H groups in total. The molecule has 5 aromatic rings. The monoisotopic (exact) mass is 577 g/mol. The third-order valence-corrected chi connectivity index (χ3v) is 7.96. The smallest absolute Gasteiger partial charge is 0.115 e.